The second-order valence-corrected chi connectivity index (χ2v) is 6.64. The van der Waals surface area contributed by atoms with Crippen molar-refractivity contribution in [2.24, 2.45) is 0 Å². The third-order valence-electron chi connectivity index (χ3n) is 3.91. The molecule has 0 heterocycles. The Morgan fingerprint density at radius 1 is 1.00 bits per heavy atom. The number of unbranched alkanes of at least 4 members (excludes halogenated alkanes) is 4. The Morgan fingerprint density at radius 2 is 1.77 bits per heavy atom. The highest BCUT2D eigenvalue weighted by atomic mass is 35.5. The highest BCUT2D eigenvalue weighted by Gasteiger charge is 2.04. The summed E-state index contributed by atoms with van der Waals surface area (Å²) in [4.78, 5) is 12.0. The summed E-state index contributed by atoms with van der Waals surface area (Å²) >= 11 is 5.91. The van der Waals surface area contributed by atoms with Gasteiger partial charge in [0.15, 0.2) is 0 Å². The van der Waals surface area contributed by atoms with Crippen LogP contribution >= 0.6 is 11.6 Å². The van der Waals surface area contributed by atoms with Gasteiger partial charge in [-0.1, -0.05) is 56.3 Å². The van der Waals surface area contributed by atoms with Crippen molar-refractivity contribution in [1.82, 2.24) is 0 Å². The molecular weight excluding hydrogens is 348 g/mol. The Morgan fingerprint density at radius 3 is 2.58 bits per heavy atom. The van der Waals surface area contributed by atoms with E-state index in [2.05, 4.69) is 17.6 Å². The van der Waals surface area contributed by atoms with Crippen LogP contribution in [0.25, 0.3) is 0 Å². The molecule has 26 heavy (non-hydrogen) atoms. The summed E-state index contributed by atoms with van der Waals surface area (Å²) in [6.07, 6.45) is 6.08. The second-order valence-electron chi connectivity index (χ2n) is 6.20. The van der Waals surface area contributed by atoms with Gasteiger partial charge in [-0.25, -0.2) is 0 Å². The molecule has 2 N–H and O–H groups in total. The predicted octanol–water partition coefficient (Wildman–Crippen LogP) is 5.74. The summed E-state index contributed by atoms with van der Waals surface area (Å²) in [7, 11) is 0. The van der Waals surface area contributed by atoms with Crippen LogP contribution in [0.5, 0.6) is 5.75 Å². The normalized spacial score (nSPS) is 10.4. The summed E-state index contributed by atoms with van der Waals surface area (Å²) in [5.41, 5.74) is 1.54. The molecule has 1 amide bonds. The van der Waals surface area contributed by atoms with Crippen LogP contribution in [-0.2, 0) is 4.79 Å². The molecule has 2 aromatic rings. The first-order chi connectivity index (χ1) is 12.7. The van der Waals surface area contributed by atoms with E-state index in [1.165, 1.54) is 25.7 Å². The Bertz CT molecular complexity index is 691. The molecule has 2 aromatic carbocycles. The number of halogens is 1. The SMILES string of the molecule is CCCCCCCOc1cccc(NCC(=O)Nc2cccc(Cl)c2)c1. The molecule has 4 nitrogen and oxygen atoms in total. The van der Waals surface area contributed by atoms with Crippen LogP contribution in [0.4, 0.5) is 11.4 Å². The predicted molar refractivity (Wildman–Crippen MR) is 109 cm³/mol. The first-order valence-electron chi connectivity index (χ1n) is 9.19. The average molecular weight is 375 g/mol. The maximum atomic E-state index is 12.0. The van der Waals surface area contributed by atoms with Gasteiger partial charge >= 0.3 is 0 Å². The van der Waals surface area contributed by atoms with E-state index in [0.717, 1.165) is 24.5 Å². The number of carbonyl (C=O) groups is 1. The maximum Gasteiger partial charge on any atom is 0.243 e. The summed E-state index contributed by atoms with van der Waals surface area (Å²) < 4.78 is 5.79. The Balaban J connectivity index is 1.73. The molecule has 0 aliphatic rings. The van der Waals surface area contributed by atoms with Crippen molar-refractivity contribution in [1.29, 1.82) is 0 Å². The molecule has 0 fully saturated rings. The smallest absolute Gasteiger partial charge is 0.243 e. The summed E-state index contributed by atoms with van der Waals surface area (Å²) in [5, 5.41) is 6.51. The van der Waals surface area contributed by atoms with Crippen molar-refractivity contribution in [3.8, 4) is 5.75 Å². The lowest BCUT2D eigenvalue weighted by molar-refractivity contribution is -0.114. The van der Waals surface area contributed by atoms with Crippen LogP contribution in [-0.4, -0.2) is 19.1 Å². The number of amides is 1. The van der Waals surface area contributed by atoms with Crippen molar-refractivity contribution in [3.05, 3.63) is 53.6 Å². The fraction of sp³-hybridized carbons (Fsp3) is 0.381. The van der Waals surface area contributed by atoms with Crippen LogP contribution in [0.3, 0.4) is 0 Å². The van der Waals surface area contributed by atoms with E-state index in [0.29, 0.717) is 10.7 Å². The molecule has 0 saturated heterocycles. The standard InChI is InChI=1S/C21H27ClN2O2/c1-2-3-4-5-6-13-26-20-12-8-10-18(15-20)23-16-21(25)24-19-11-7-9-17(22)14-19/h7-12,14-15,23H,2-6,13,16H2,1H3,(H,24,25). The zero-order valence-electron chi connectivity index (χ0n) is 15.3. The van der Waals surface area contributed by atoms with Gasteiger partial charge in [-0.15, -0.1) is 0 Å². The Hall–Kier alpha value is -2.20. The monoisotopic (exact) mass is 374 g/mol. The minimum atomic E-state index is -0.130. The van der Waals surface area contributed by atoms with Gasteiger partial charge in [0.1, 0.15) is 5.75 Å². The van der Waals surface area contributed by atoms with Crippen LogP contribution < -0.4 is 15.4 Å². The molecule has 0 atom stereocenters. The topological polar surface area (TPSA) is 50.4 Å². The minimum Gasteiger partial charge on any atom is -0.494 e. The Labute approximate surface area is 160 Å². The van der Waals surface area contributed by atoms with Crippen LogP contribution in [0.2, 0.25) is 5.02 Å². The number of benzene rings is 2. The molecule has 0 aromatic heterocycles. The molecule has 0 aliphatic heterocycles. The first kappa shape index (κ1) is 20.1. The molecule has 140 valence electrons. The van der Waals surface area contributed by atoms with Crippen molar-refractivity contribution in [2.45, 2.75) is 39.0 Å². The summed E-state index contributed by atoms with van der Waals surface area (Å²) in [6.45, 7) is 3.11. The van der Waals surface area contributed by atoms with Gasteiger partial charge in [0.25, 0.3) is 0 Å². The summed E-state index contributed by atoms with van der Waals surface area (Å²) in [6, 6.07) is 14.8. The third kappa shape index (κ3) is 7.79. The fourth-order valence-corrected chi connectivity index (χ4v) is 2.74. The number of hydrogen-bond acceptors (Lipinski definition) is 3. The number of rotatable bonds is 11. The number of ether oxygens (including phenoxy) is 1. The van der Waals surface area contributed by atoms with E-state index in [1.54, 1.807) is 24.3 Å². The zero-order chi connectivity index (χ0) is 18.6. The molecule has 0 spiro atoms. The van der Waals surface area contributed by atoms with Gasteiger partial charge in [0, 0.05) is 22.5 Å². The third-order valence-corrected chi connectivity index (χ3v) is 4.15. The van der Waals surface area contributed by atoms with Gasteiger partial charge in [-0.2, -0.15) is 0 Å². The lowest BCUT2D eigenvalue weighted by atomic mass is 10.2. The molecule has 0 bridgehead atoms. The molecule has 0 unspecified atom stereocenters. The van der Waals surface area contributed by atoms with Crippen LogP contribution in [0.1, 0.15) is 39.0 Å². The van der Waals surface area contributed by atoms with Gasteiger partial charge < -0.3 is 15.4 Å². The van der Waals surface area contributed by atoms with Crippen molar-refractivity contribution in [3.63, 3.8) is 0 Å². The molecule has 0 radical (unpaired) electrons. The number of carbonyl (C=O) groups excluding carboxylic acids is 1. The molecule has 0 aliphatic carbocycles. The largest absolute Gasteiger partial charge is 0.494 e. The molecule has 2 rings (SSSR count). The van der Waals surface area contributed by atoms with Crippen molar-refractivity contribution in [2.75, 3.05) is 23.8 Å². The van der Waals surface area contributed by atoms with Crippen LogP contribution in [0.15, 0.2) is 48.5 Å². The number of anilines is 2. The number of nitrogens with one attached hydrogen (secondary N) is 2. The average Bonchev–Trinajstić information content (AvgIpc) is 2.63. The molecule has 0 saturated carbocycles. The van der Waals surface area contributed by atoms with Gasteiger partial charge in [0.05, 0.1) is 13.2 Å². The van der Waals surface area contributed by atoms with Gasteiger partial charge in [-0.3, -0.25) is 4.79 Å². The van der Waals surface area contributed by atoms with E-state index in [4.69, 9.17) is 16.3 Å². The van der Waals surface area contributed by atoms with Crippen LogP contribution in [0, 0.1) is 0 Å². The zero-order valence-corrected chi connectivity index (χ0v) is 16.0. The Kier molecular flexibility index (Phi) is 8.84. The van der Waals surface area contributed by atoms with Crippen molar-refractivity contribution >= 4 is 28.9 Å². The first-order valence-corrected chi connectivity index (χ1v) is 9.57. The highest BCUT2D eigenvalue weighted by molar-refractivity contribution is 6.30. The van der Waals surface area contributed by atoms with Crippen molar-refractivity contribution < 1.29 is 9.53 Å². The lowest BCUT2D eigenvalue weighted by Gasteiger charge is -2.10. The quantitative estimate of drug-likeness (QED) is 0.493. The molecule has 5 heteroatoms. The van der Waals surface area contributed by atoms with E-state index in [-0.39, 0.29) is 12.5 Å². The van der Waals surface area contributed by atoms with E-state index in [1.807, 2.05) is 24.3 Å². The minimum absolute atomic E-state index is 0.130. The van der Waals surface area contributed by atoms with E-state index < -0.39 is 0 Å². The van der Waals surface area contributed by atoms with E-state index in [9.17, 15) is 4.79 Å². The second kappa shape index (κ2) is 11.4. The summed E-state index contributed by atoms with van der Waals surface area (Å²) in [5.74, 6) is 0.690. The highest BCUT2D eigenvalue weighted by Crippen LogP contribution is 2.18. The number of hydrogen-bond donors (Lipinski definition) is 2. The van der Waals surface area contributed by atoms with Gasteiger partial charge in [-0.05, 0) is 36.8 Å². The molecular formula is C21H27ClN2O2. The fourth-order valence-electron chi connectivity index (χ4n) is 2.55. The lowest BCUT2D eigenvalue weighted by Crippen LogP contribution is -2.21. The van der Waals surface area contributed by atoms with E-state index >= 15 is 0 Å². The van der Waals surface area contributed by atoms with Gasteiger partial charge in [0.2, 0.25) is 5.91 Å². The maximum absolute atomic E-state index is 12.0.